The molecule has 1 saturated heterocycles. The van der Waals surface area contributed by atoms with Crippen LogP contribution in [-0.2, 0) is 16.9 Å². The molecule has 1 unspecified atom stereocenters. The highest BCUT2D eigenvalue weighted by Gasteiger charge is 2.50. The number of amides is 3. The molecule has 0 bridgehead atoms. The van der Waals surface area contributed by atoms with E-state index in [2.05, 4.69) is 15.3 Å². The number of carbonyl (C=O) groups excluding carboxylic acids is 2. The Morgan fingerprint density at radius 3 is 2.67 bits per heavy atom. The number of rotatable bonds is 3. The SMILES string of the molecule is Cc1cnc(CN2C(=O)NC(C)(c3ccc(F)cc3Cl)C2=O)cn1. The van der Waals surface area contributed by atoms with Crippen LogP contribution in [0.15, 0.2) is 30.6 Å². The fourth-order valence-electron chi connectivity index (χ4n) is 2.58. The van der Waals surface area contributed by atoms with E-state index in [9.17, 15) is 14.0 Å². The molecule has 1 N–H and O–H groups in total. The molecular weight excluding hydrogens is 335 g/mol. The molecule has 124 valence electrons. The number of aromatic nitrogens is 2. The van der Waals surface area contributed by atoms with Gasteiger partial charge in [-0.1, -0.05) is 17.7 Å². The van der Waals surface area contributed by atoms with Crippen molar-refractivity contribution in [2.24, 2.45) is 0 Å². The van der Waals surface area contributed by atoms with Gasteiger partial charge in [-0.15, -0.1) is 0 Å². The lowest BCUT2D eigenvalue weighted by molar-refractivity contribution is -0.131. The number of aryl methyl sites for hydroxylation is 1. The summed E-state index contributed by atoms with van der Waals surface area (Å²) in [7, 11) is 0. The molecule has 0 spiro atoms. The normalized spacial score (nSPS) is 20.4. The summed E-state index contributed by atoms with van der Waals surface area (Å²) in [5.74, 6) is -1.00. The number of nitrogens with one attached hydrogen (secondary N) is 1. The molecule has 1 fully saturated rings. The van der Waals surface area contributed by atoms with E-state index in [-0.39, 0.29) is 11.6 Å². The van der Waals surface area contributed by atoms with Crippen LogP contribution in [-0.4, -0.2) is 26.8 Å². The highest BCUT2D eigenvalue weighted by atomic mass is 35.5. The number of imide groups is 1. The van der Waals surface area contributed by atoms with Crippen molar-refractivity contribution in [2.75, 3.05) is 0 Å². The van der Waals surface area contributed by atoms with Crippen molar-refractivity contribution in [1.82, 2.24) is 20.2 Å². The zero-order valence-corrected chi connectivity index (χ0v) is 13.8. The topological polar surface area (TPSA) is 75.2 Å². The summed E-state index contributed by atoms with van der Waals surface area (Å²) in [5.41, 5.74) is 0.193. The van der Waals surface area contributed by atoms with Crippen LogP contribution in [0.1, 0.15) is 23.9 Å². The number of carbonyl (C=O) groups is 2. The van der Waals surface area contributed by atoms with Crippen LogP contribution >= 0.6 is 11.6 Å². The maximum absolute atomic E-state index is 13.2. The minimum absolute atomic E-state index is 0.00759. The van der Waals surface area contributed by atoms with Crippen LogP contribution in [0.25, 0.3) is 0 Å². The Hall–Kier alpha value is -2.54. The number of nitrogens with zero attached hydrogens (tertiary/aromatic N) is 3. The fourth-order valence-corrected chi connectivity index (χ4v) is 2.94. The highest BCUT2D eigenvalue weighted by Crippen LogP contribution is 2.34. The standard InChI is InChI=1S/C16H14ClFN4O2/c1-9-6-20-11(7-19-9)8-22-14(23)16(2,21-15(22)24)12-4-3-10(18)5-13(12)17/h3-7H,8H2,1-2H3,(H,21,24). The Balaban J connectivity index is 1.91. The van der Waals surface area contributed by atoms with Gasteiger partial charge in [0, 0.05) is 16.8 Å². The molecule has 8 heteroatoms. The molecule has 1 aromatic heterocycles. The maximum Gasteiger partial charge on any atom is 0.325 e. The number of benzene rings is 1. The first-order chi connectivity index (χ1) is 11.3. The van der Waals surface area contributed by atoms with Crippen LogP contribution < -0.4 is 5.32 Å². The van der Waals surface area contributed by atoms with Gasteiger partial charge in [-0.05, 0) is 26.0 Å². The van der Waals surface area contributed by atoms with E-state index in [0.717, 1.165) is 16.7 Å². The molecule has 1 aliphatic rings. The number of halogens is 2. The van der Waals surface area contributed by atoms with Gasteiger partial charge in [-0.25, -0.2) is 9.18 Å². The Kier molecular flexibility index (Phi) is 3.96. The van der Waals surface area contributed by atoms with Gasteiger partial charge in [0.05, 0.1) is 24.1 Å². The van der Waals surface area contributed by atoms with E-state index in [1.54, 1.807) is 13.1 Å². The first-order valence-corrected chi connectivity index (χ1v) is 7.56. The average Bonchev–Trinajstić information content (AvgIpc) is 2.73. The van der Waals surface area contributed by atoms with Crippen molar-refractivity contribution in [3.8, 4) is 0 Å². The van der Waals surface area contributed by atoms with Crippen molar-refractivity contribution in [3.05, 3.63) is 58.4 Å². The summed E-state index contributed by atoms with van der Waals surface area (Å²) in [4.78, 5) is 34.3. The van der Waals surface area contributed by atoms with Crippen molar-refractivity contribution in [2.45, 2.75) is 25.9 Å². The zero-order chi connectivity index (χ0) is 17.5. The van der Waals surface area contributed by atoms with Crippen LogP contribution in [0.3, 0.4) is 0 Å². The van der Waals surface area contributed by atoms with Gasteiger partial charge < -0.3 is 5.32 Å². The van der Waals surface area contributed by atoms with Crippen LogP contribution in [0.4, 0.5) is 9.18 Å². The number of hydrogen-bond donors (Lipinski definition) is 1. The largest absolute Gasteiger partial charge is 0.325 e. The average molecular weight is 349 g/mol. The van der Waals surface area contributed by atoms with E-state index in [1.807, 2.05) is 0 Å². The molecule has 1 aromatic carbocycles. The second-order valence-electron chi connectivity index (χ2n) is 5.72. The third-order valence-electron chi connectivity index (χ3n) is 3.90. The molecule has 1 atom stereocenters. The minimum atomic E-state index is -1.36. The second kappa shape index (κ2) is 5.83. The Morgan fingerprint density at radius 1 is 1.29 bits per heavy atom. The molecule has 6 nitrogen and oxygen atoms in total. The lowest BCUT2D eigenvalue weighted by atomic mass is 9.92. The first kappa shape index (κ1) is 16.3. The molecule has 3 amide bonds. The van der Waals surface area contributed by atoms with Crippen molar-refractivity contribution >= 4 is 23.5 Å². The molecule has 0 aliphatic carbocycles. The summed E-state index contributed by atoms with van der Waals surface area (Å²) in [5, 5.41) is 2.69. The third-order valence-corrected chi connectivity index (χ3v) is 4.21. The minimum Gasteiger partial charge on any atom is -0.319 e. The van der Waals surface area contributed by atoms with Gasteiger partial charge >= 0.3 is 6.03 Å². The Labute approximate surface area is 142 Å². The predicted octanol–water partition coefficient (Wildman–Crippen LogP) is 2.54. The summed E-state index contributed by atoms with van der Waals surface area (Å²) in [6, 6.07) is 3.13. The molecule has 2 aromatic rings. The van der Waals surface area contributed by atoms with Crippen LogP contribution in [0.5, 0.6) is 0 Å². The van der Waals surface area contributed by atoms with Crippen LogP contribution in [0, 0.1) is 12.7 Å². The van der Waals surface area contributed by atoms with E-state index < -0.39 is 23.3 Å². The van der Waals surface area contributed by atoms with Gasteiger partial charge in [-0.2, -0.15) is 0 Å². The Morgan fingerprint density at radius 2 is 2.04 bits per heavy atom. The predicted molar refractivity (Wildman–Crippen MR) is 84.6 cm³/mol. The lowest BCUT2D eigenvalue weighted by Crippen LogP contribution is -2.41. The van der Waals surface area contributed by atoms with Crippen molar-refractivity contribution < 1.29 is 14.0 Å². The van der Waals surface area contributed by atoms with Gasteiger partial charge in [0.1, 0.15) is 11.4 Å². The molecule has 24 heavy (non-hydrogen) atoms. The van der Waals surface area contributed by atoms with Crippen molar-refractivity contribution in [3.63, 3.8) is 0 Å². The molecule has 1 aliphatic heterocycles. The second-order valence-corrected chi connectivity index (χ2v) is 6.13. The van der Waals surface area contributed by atoms with Crippen molar-refractivity contribution in [1.29, 1.82) is 0 Å². The molecular formula is C16H14ClFN4O2. The smallest absolute Gasteiger partial charge is 0.319 e. The maximum atomic E-state index is 13.2. The van der Waals surface area contributed by atoms with Gasteiger partial charge in [0.2, 0.25) is 0 Å². The zero-order valence-electron chi connectivity index (χ0n) is 13.0. The lowest BCUT2D eigenvalue weighted by Gasteiger charge is -2.23. The summed E-state index contributed by atoms with van der Waals surface area (Å²) < 4.78 is 13.2. The number of hydrogen-bond acceptors (Lipinski definition) is 4. The molecule has 3 rings (SSSR count). The van der Waals surface area contributed by atoms with E-state index in [1.165, 1.54) is 25.3 Å². The monoisotopic (exact) mass is 348 g/mol. The van der Waals surface area contributed by atoms with Gasteiger partial charge in [0.25, 0.3) is 5.91 Å². The van der Waals surface area contributed by atoms with E-state index in [4.69, 9.17) is 11.6 Å². The van der Waals surface area contributed by atoms with Gasteiger partial charge in [0.15, 0.2) is 0 Å². The quantitative estimate of drug-likeness (QED) is 0.865. The van der Waals surface area contributed by atoms with Crippen LogP contribution in [0.2, 0.25) is 5.02 Å². The third kappa shape index (κ3) is 2.71. The van der Waals surface area contributed by atoms with Gasteiger partial charge in [-0.3, -0.25) is 19.7 Å². The fraction of sp³-hybridized carbons (Fsp3) is 0.250. The molecule has 0 radical (unpaired) electrons. The molecule has 2 heterocycles. The first-order valence-electron chi connectivity index (χ1n) is 7.18. The van der Waals surface area contributed by atoms with E-state index >= 15 is 0 Å². The van der Waals surface area contributed by atoms with E-state index in [0.29, 0.717) is 11.3 Å². The highest BCUT2D eigenvalue weighted by molar-refractivity contribution is 6.32. The summed E-state index contributed by atoms with van der Waals surface area (Å²) >= 11 is 6.05. The summed E-state index contributed by atoms with van der Waals surface area (Å²) in [6.07, 6.45) is 3.07. The summed E-state index contributed by atoms with van der Waals surface area (Å²) in [6.45, 7) is 3.32. The molecule has 0 saturated carbocycles. The Bertz CT molecular complexity index is 827. The number of urea groups is 1.